The van der Waals surface area contributed by atoms with Crippen LogP contribution in [0.4, 0.5) is 5.69 Å². The van der Waals surface area contributed by atoms with Gasteiger partial charge < -0.3 is 5.32 Å². The van der Waals surface area contributed by atoms with Gasteiger partial charge in [0, 0.05) is 21.1 Å². The molecule has 2 aromatic rings. The van der Waals surface area contributed by atoms with Crippen molar-refractivity contribution < 1.29 is 0 Å². The first kappa shape index (κ1) is 13.4. The van der Waals surface area contributed by atoms with Gasteiger partial charge in [0.2, 0.25) is 0 Å². The predicted molar refractivity (Wildman–Crippen MR) is 91.9 cm³/mol. The fraction of sp³-hybridized carbons (Fsp3) is 0.222. The lowest BCUT2D eigenvalue weighted by Crippen LogP contribution is -2.28. The van der Waals surface area contributed by atoms with E-state index in [1.165, 1.54) is 16.8 Å². The van der Waals surface area contributed by atoms with E-state index in [0.29, 0.717) is 17.9 Å². The first-order chi connectivity index (χ1) is 10.2. The summed E-state index contributed by atoms with van der Waals surface area (Å²) in [6.45, 7) is 0. The summed E-state index contributed by atoms with van der Waals surface area (Å²) in [6.07, 6.45) is 5.76. The molecule has 2 aliphatic rings. The molecule has 0 radical (unpaired) electrons. The average molecular weight is 361 g/mol. The van der Waals surface area contributed by atoms with Crippen LogP contribution < -0.4 is 5.32 Å². The van der Waals surface area contributed by atoms with Gasteiger partial charge in [0.05, 0.1) is 6.04 Å². The van der Waals surface area contributed by atoms with Crippen molar-refractivity contribution in [2.75, 3.05) is 5.32 Å². The molecule has 0 saturated heterocycles. The molecule has 21 heavy (non-hydrogen) atoms. The van der Waals surface area contributed by atoms with Crippen LogP contribution in [0, 0.1) is 5.92 Å². The highest BCUT2D eigenvalue weighted by atomic mass is 79.9. The van der Waals surface area contributed by atoms with Crippen LogP contribution in [0.3, 0.4) is 0 Å². The third-order valence-corrected chi connectivity index (χ3v) is 5.32. The van der Waals surface area contributed by atoms with Gasteiger partial charge in [-0.2, -0.15) is 0 Å². The molecular formula is C18H15BrClN. The molecule has 0 amide bonds. The van der Waals surface area contributed by atoms with E-state index in [9.17, 15) is 0 Å². The quantitative estimate of drug-likeness (QED) is 0.622. The summed E-state index contributed by atoms with van der Waals surface area (Å²) < 4.78 is 1.12. The Morgan fingerprint density at radius 3 is 2.71 bits per heavy atom. The zero-order valence-electron chi connectivity index (χ0n) is 11.4. The summed E-state index contributed by atoms with van der Waals surface area (Å²) in [6, 6.07) is 15.2. The first-order valence-electron chi connectivity index (χ1n) is 7.20. The number of nitrogens with one attached hydrogen (secondary N) is 1. The van der Waals surface area contributed by atoms with Crippen LogP contribution in [0.25, 0.3) is 0 Å². The largest absolute Gasteiger partial charge is 0.378 e. The Morgan fingerprint density at radius 2 is 1.90 bits per heavy atom. The normalized spacial score (nSPS) is 26.1. The fourth-order valence-corrected chi connectivity index (χ4v) is 4.01. The van der Waals surface area contributed by atoms with Crippen LogP contribution >= 0.6 is 27.5 Å². The molecule has 0 bridgehead atoms. The Hall–Kier alpha value is -1.25. The van der Waals surface area contributed by atoms with E-state index in [2.05, 4.69) is 69.8 Å². The molecule has 0 aromatic heterocycles. The van der Waals surface area contributed by atoms with E-state index in [4.69, 9.17) is 11.6 Å². The number of rotatable bonds is 1. The number of anilines is 1. The minimum absolute atomic E-state index is 0.353. The van der Waals surface area contributed by atoms with Crippen LogP contribution in [0.1, 0.15) is 29.5 Å². The van der Waals surface area contributed by atoms with Crippen LogP contribution in [0.15, 0.2) is 59.1 Å². The van der Waals surface area contributed by atoms with Gasteiger partial charge in [-0.1, -0.05) is 51.8 Å². The van der Waals surface area contributed by atoms with Crippen molar-refractivity contribution in [2.24, 2.45) is 5.92 Å². The smallest absolute Gasteiger partial charge is 0.0553 e. The summed E-state index contributed by atoms with van der Waals surface area (Å²) in [5.74, 6) is 1.03. The Labute approximate surface area is 138 Å². The number of halogens is 2. The van der Waals surface area contributed by atoms with Crippen molar-refractivity contribution in [2.45, 2.75) is 18.4 Å². The Kier molecular flexibility index (Phi) is 3.31. The SMILES string of the molecule is Clc1ccc2c(c1)[C@@H]1C=CC[C@@H]1[C@H](c1ccc(Br)cc1)N2. The predicted octanol–water partition coefficient (Wildman–Crippen LogP) is 5.93. The summed E-state index contributed by atoms with van der Waals surface area (Å²) in [4.78, 5) is 0. The second kappa shape index (κ2) is 5.19. The van der Waals surface area contributed by atoms with E-state index >= 15 is 0 Å². The molecule has 1 N–H and O–H groups in total. The van der Waals surface area contributed by atoms with E-state index in [-0.39, 0.29) is 0 Å². The number of allylic oxidation sites excluding steroid dienone is 2. The van der Waals surface area contributed by atoms with Crippen LogP contribution in [-0.4, -0.2) is 0 Å². The molecule has 3 atom stereocenters. The minimum atomic E-state index is 0.353. The van der Waals surface area contributed by atoms with Gasteiger partial charge in [-0.25, -0.2) is 0 Å². The zero-order chi connectivity index (χ0) is 14.4. The topological polar surface area (TPSA) is 12.0 Å². The van der Waals surface area contributed by atoms with Crippen molar-refractivity contribution in [3.8, 4) is 0 Å². The van der Waals surface area contributed by atoms with Crippen molar-refractivity contribution in [1.29, 1.82) is 0 Å². The second-order valence-electron chi connectivity index (χ2n) is 5.76. The molecule has 2 aromatic carbocycles. The van der Waals surface area contributed by atoms with Crippen LogP contribution in [-0.2, 0) is 0 Å². The first-order valence-corrected chi connectivity index (χ1v) is 8.37. The van der Waals surface area contributed by atoms with E-state index in [1.807, 2.05) is 6.07 Å². The molecule has 0 unspecified atom stereocenters. The van der Waals surface area contributed by atoms with Crippen molar-refractivity contribution in [3.63, 3.8) is 0 Å². The second-order valence-corrected chi connectivity index (χ2v) is 7.11. The molecule has 1 aliphatic heterocycles. The molecule has 4 rings (SSSR count). The number of benzene rings is 2. The highest BCUT2D eigenvalue weighted by Crippen LogP contribution is 2.50. The molecule has 0 saturated carbocycles. The summed E-state index contributed by atoms with van der Waals surface area (Å²) >= 11 is 9.69. The van der Waals surface area contributed by atoms with Crippen LogP contribution in [0.2, 0.25) is 5.02 Å². The Morgan fingerprint density at radius 1 is 1.10 bits per heavy atom. The lowest BCUT2D eigenvalue weighted by molar-refractivity contribution is 0.425. The van der Waals surface area contributed by atoms with Gasteiger partial charge >= 0.3 is 0 Å². The van der Waals surface area contributed by atoms with Crippen molar-refractivity contribution in [3.05, 3.63) is 75.2 Å². The molecule has 1 nitrogen and oxygen atoms in total. The fourth-order valence-electron chi connectivity index (χ4n) is 3.57. The number of hydrogen-bond donors (Lipinski definition) is 1. The van der Waals surface area contributed by atoms with Gasteiger partial charge in [-0.05, 0) is 53.8 Å². The van der Waals surface area contributed by atoms with Crippen molar-refractivity contribution >= 4 is 33.2 Å². The van der Waals surface area contributed by atoms with E-state index in [1.54, 1.807) is 0 Å². The third kappa shape index (κ3) is 2.31. The molecular weight excluding hydrogens is 346 g/mol. The number of fused-ring (bicyclic) bond motifs is 3. The van der Waals surface area contributed by atoms with Gasteiger partial charge in [-0.15, -0.1) is 0 Å². The monoisotopic (exact) mass is 359 g/mol. The van der Waals surface area contributed by atoms with E-state index in [0.717, 1.165) is 15.9 Å². The lowest BCUT2D eigenvalue weighted by atomic mass is 9.77. The van der Waals surface area contributed by atoms with Gasteiger partial charge in [-0.3, -0.25) is 0 Å². The zero-order valence-corrected chi connectivity index (χ0v) is 13.7. The molecule has 1 aliphatic carbocycles. The maximum absolute atomic E-state index is 6.18. The summed E-state index contributed by atoms with van der Waals surface area (Å²) in [5, 5.41) is 4.53. The minimum Gasteiger partial charge on any atom is -0.378 e. The summed E-state index contributed by atoms with van der Waals surface area (Å²) in [7, 11) is 0. The average Bonchev–Trinajstić information content (AvgIpc) is 2.97. The highest BCUT2D eigenvalue weighted by Gasteiger charge is 2.37. The molecule has 3 heteroatoms. The lowest BCUT2D eigenvalue weighted by Gasteiger charge is -2.37. The standard InChI is InChI=1S/C18H15BrClN/c19-12-6-4-11(5-7-12)18-15-3-1-2-14(15)16-10-13(20)8-9-17(16)21-18/h1-2,4-10,14-15,18,21H,3H2/t14-,15+,18+/m1/s1. The van der Waals surface area contributed by atoms with Gasteiger partial charge in [0.15, 0.2) is 0 Å². The molecule has 106 valence electrons. The summed E-state index contributed by atoms with van der Waals surface area (Å²) in [5.41, 5.74) is 3.88. The maximum atomic E-state index is 6.18. The maximum Gasteiger partial charge on any atom is 0.0553 e. The Balaban J connectivity index is 1.78. The number of hydrogen-bond acceptors (Lipinski definition) is 1. The van der Waals surface area contributed by atoms with Crippen molar-refractivity contribution in [1.82, 2.24) is 0 Å². The van der Waals surface area contributed by atoms with E-state index < -0.39 is 0 Å². The third-order valence-electron chi connectivity index (χ3n) is 4.55. The highest BCUT2D eigenvalue weighted by molar-refractivity contribution is 9.10. The van der Waals surface area contributed by atoms with Crippen LogP contribution in [0.5, 0.6) is 0 Å². The van der Waals surface area contributed by atoms with Gasteiger partial charge in [0.25, 0.3) is 0 Å². The molecule has 1 heterocycles. The Bertz CT molecular complexity index is 708. The molecule has 0 spiro atoms. The molecule has 0 fully saturated rings. The van der Waals surface area contributed by atoms with Gasteiger partial charge in [0.1, 0.15) is 0 Å².